The van der Waals surface area contributed by atoms with Gasteiger partial charge >= 0.3 is 0 Å². The van der Waals surface area contributed by atoms with Crippen molar-refractivity contribution in [2.45, 2.75) is 36.6 Å². The Hall–Kier alpha value is -1.59. The zero-order valence-corrected chi connectivity index (χ0v) is 13.7. The van der Waals surface area contributed by atoms with Crippen LogP contribution in [0.25, 0.3) is 10.9 Å². The van der Waals surface area contributed by atoms with E-state index in [0.717, 1.165) is 33.2 Å². The zero-order valence-electron chi connectivity index (χ0n) is 12.1. The van der Waals surface area contributed by atoms with Gasteiger partial charge in [0.15, 0.2) is 0 Å². The molecule has 22 heavy (non-hydrogen) atoms. The van der Waals surface area contributed by atoms with Crippen molar-refractivity contribution in [3.63, 3.8) is 0 Å². The summed E-state index contributed by atoms with van der Waals surface area (Å²) >= 11 is 7.90. The minimum absolute atomic E-state index is 0.559. The van der Waals surface area contributed by atoms with Crippen LogP contribution in [0.2, 0.25) is 5.15 Å². The number of hydrogen-bond donors (Lipinski definition) is 1. The molecule has 6 heteroatoms. The number of H-pyrrole nitrogens is 1. The lowest BCUT2D eigenvalue weighted by molar-refractivity contribution is 0.932. The van der Waals surface area contributed by atoms with E-state index in [9.17, 15) is 0 Å². The summed E-state index contributed by atoms with van der Waals surface area (Å²) in [6, 6.07) is 8.33. The molecule has 0 amide bonds. The second-order valence-electron chi connectivity index (χ2n) is 5.70. The Kier molecular flexibility index (Phi) is 3.54. The average molecular weight is 331 g/mol. The van der Waals surface area contributed by atoms with E-state index in [2.05, 4.69) is 51.4 Å². The molecule has 0 unspecified atom stereocenters. The number of aryl methyl sites for hydroxylation is 1. The maximum absolute atomic E-state index is 6.31. The number of nitrogens with one attached hydrogen (secondary N) is 1. The van der Waals surface area contributed by atoms with Crippen molar-refractivity contribution >= 4 is 34.3 Å². The van der Waals surface area contributed by atoms with Gasteiger partial charge in [-0.3, -0.25) is 5.10 Å². The maximum atomic E-state index is 6.31. The van der Waals surface area contributed by atoms with Crippen molar-refractivity contribution in [1.82, 2.24) is 20.2 Å². The molecule has 4 nitrogen and oxygen atoms in total. The van der Waals surface area contributed by atoms with Crippen LogP contribution in [0.4, 0.5) is 0 Å². The van der Waals surface area contributed by atoms with Crippen LogP contribution < -0.4 is 0 Å². The minimum atomic E-state index is 0.559. The van der Waals surface area contributed by atoms with Gasteiger partial charge in [0.2, 0.25) is 5.16 Å². The van der Waals surface area contributed by atoms with Crippen LogP contribution in [0.5, 0.6) is 0 Å². The van der Waals surface area contributed by atoms with Crippen LogP contribution in [-0.2, 0) is 5.75 Å². The fraction of sp³-hybridized carbons (Fsp3) is 0.312. The Morgan fingerprint density at radius 1 is 1.27 bits per heavy atom. The van der Waals surface area contributed by atoms with Crippen molar-refractivity contribution in [3.8, 4) is 0 Å². The molecule has 0 bridgehead atoms. The molecule has 0 spiro atoms. The number of aromatic nitrogens is 4. The number of pyridine rings is 1. The third-order valence-electron chi connectivity index (χ3n) is 3.80. The first-order valence-corrected chi connectivity index (χ1v) is 8.66. The highest BCUT2D eigenvalue weighted by atomic mass is 35.5. The zero-order chi connectivity index (χ0) is 15.1. The Bertz CT molecular complexity index is 841. The molecule has 4 rings (SSSR count). The van der Waals surface area contributed by atoms with E-state index in [4.69, 9.17) is 11.6 Å². The van der Waals surface area contributed by atoms with Crippen LogP contribution in [0.1, 0.15) is 35.7 Å². The topological polar surface area (TPSA) is 54.5 Å². The van der Waals surface area contributed by atoms with Gasteiger partial charge in [-0.05, 0) is 37.5 Å². The van der Waals surface area contributed by atoms with Gasteiger partial charge in [-0.1, -0.05) is 35.5 Å². The molecule has 1 aromatic carbocycles. The molecule has 1 N–H and O–H groups in total. The third kappa shape index (κ3) is 2.83. The fourth-order valence-corrected chi connectivity index (χ4v) is 3.47. The van der Waals surface area contributed by atoms with Crippen LogP contribution in [-0.4, -0.2) is 20.2 Å². The lowest BCUT2D eigenvalue weighted by Crippen LogP contribution is -1.90. The van der Waals surface area contributed by atoms with E-state index < -0.39 is 0 Å². The molecule has 0 atom stereocenters. The van der Waals surface area contributed by atoms with E-state index in [1.807, 2.05) is 0 Å². The number of halogens is 1. The Morgan fingerprint density at radius 3 is 2.95 bits per heavy atom. The molecule has 0 radical (unpaired) electrons. The maximum Gasteiger partial charge on any atom is 0.208 e. The van der Waals surface area contributed by atoms with Crippen molar-refractivity contribution in [2.75, 3.05) is 0 Å². The summed E-state index contributed by atoms with van der Waals surface area (Å²) in [5, 5.41) is 9.73. The lowest BCUT2D eigenvalue weighted by atomic mass is 10.1. The van der Waals surface area contributed by atoms with Gasteiger partial charge in [-0.25, -0.2) is 9.97 Å². The van der Waals surface area contributed by atoms with E-state index in [1.165, 1.54) is 18.4 Å². The molecule has 2 aromatic heterocycles. The summed E-state index contributed by atoms with van der Waals surface area (Å²) in [5.41, 5.74) is 3.14. The summed E-state index contributed by atoms with van der Waals surface area (Å²) in [4.78, 5) is 9.02. The highest BCUT2D eigenvalue weighted by Crippen LogP contribution is 2.38. The van der Waals surface area contributed by atoms with Crippen LogP contribution >= 0.6 is 23.4 Å². The Balaban J connectivity index is 1.54. The van der Waals surface area contributed by atoms with Gasteiger partial charge in [0.1, 0.15) is 11.0 Å². The van der Waals surface area contributed by atoms with Crippen molar-refractivity contribution in [2.24, 2.45) is 0 Å². The van der Waals surface area contributed by atoms with E-state index in [-0.39, 0.29) is 0 Å². The molecule has 112 valence electrons. The third-order valence-corrected chi connectivity index (χ3v) is 5.03. The lowest BCUT2D eigenvalue weighted by Gasteiger charge is -2.05. The van der Waals surface area contributed by atoms with Gasteiger partial charge in [0.05, 0.1) is 5.52 Å². The van der Waals surface area contributed by atoms with Gasteiger partial charge in [0, 0.05) is 22.6 Å². The first kappa shape index (κ1) is 14.0. The quantitative estimate of drug-likeness (QED) is 0.566. The van der Waals surface area contributed by atoms with Gasteiger partial charge in [-0.15, -0.1) is 5.10 Å². The van der Waals surface area contributed by atoms with Crippen molar-refractivity contribution in [1.29, 1.82) is 0 Å². The number of hydrogen-bond acceptors (Lipinski definition) is 4. The second kappa shape index (κ2) is 5.56. The Labute approximate surface area is 137 Å². The molecule has 1 aliphatic carbocycles. The van der Waals surface area contributed by atoms with E-state index >= 15 is 0 Å². The van der Waals surface area contributed by atoms with Crippen molar-refractivity contribution in [3.05, 3.63) is 46.4 Å². The summed E-state index contributed by atoms with van der Waals surface area (Å²) in [6.45, 7) is 2.06. The largest absolute Gasteiger partial charge is 0.262 e. The Morgan fingerprint density at radius 2 is 2.14 bits per heavy atom. The molecule has 1 aliphatic rings. The van der Waals surface area contributed by atoms with Crippen LogP contribution in [0.15, 0.2) is 29.4 Å². The van der Waals surface area contributed by atoms with Crippen LogP contribution in [0, 0.1) is 6.92 Å². The summed E-state index contributed by atoms with van der Waals surface area (Å²) < 4.78 is 0. The molecule has 1 saturated carbocycles. The van der Waals surface area contributed by atoms with Gasteiger partial charge in [0.25, 0.3) is 0 Å². The molecular weight excluding hydrogens is 316 g/mol. The molecule has 1 fully saturated rings. The van der Waals surface area contributed by atoms with Gasteiger partial charge < -0.3 is 0 Å². The molecule has 0 saturated heterocycles. The normalized spacial score (nSPS) is 14.6. The highest BCUT2D eigenvalue weighted by Gasteiger charge is 2.27. The fourth-order valence-electron chi connectivity index (χ4n) is 2.40. The molecule has 0 aliphatic heterocycles. The monoisotopic (exact) mass is 330 g/mol. The SMILES string of the molecule is Cc1ccc2cc(CSc3n[nH]c(C4CC4)n3)c(Cl)nc2c1. The molecular formula is C16H15ClN4S. The number of aromatic amines is 1. The van der Waals surface area contributed by atoms with E-state index in [1.54, 1.807) is 11.8 Å². The van der Waals surface area contributed by atoms with Crippen molar-refractivity contribution < 1.29 is 0 Å². The highest BCUT2D eigenvalue weighted by molar-refractivity contribution is 7.98. The first-order chi connectivity index (χ1) is 10.7. The summed E-state index contributed by atoms with van der Waals surface area (Å²) in [6.07, 6.45) is 2.44. The standard InChI is InChI=1S/C16H15ClN4S/c1-9-2-3-11-7-12(14(17)18-13(11)6-9)8-22-16-19-15(20-21-16)10-4-5-10/h2-3,6-7,10H,4-5,8H2,1H3,(H,19,20,21). The molecule has 3 aromatic rings. The van der Waals surface area contributed by atoms with Gasteiger partial charge in [-0.2, -0.15) is 0 Å². The number of benzene rings is 1. The minimum Gasteiger partial charge on any atom is -0.262 e. The van der Waals surface area contributed by atoms with Crippen LogP contribution in [0.3, 0.4) is 0 Å². The second-order valence-corrected chi connectivity index (χ2v) is 7.00. The predicted octanol–water partition coefficient (Wildman–Crippen LogP) is 4.48. The number of rotatable bonds is 4. The number of fused-ring (bicyclic) bond motifs is 1. The smallest absolute Gasteiger partial charge is 0.208 e. The summed E-state index contributed by atoms with van der Waals surface area (Å²) in [7, 11) is 0. The predicted molar refractivity (Wildman–Crippen MR) is 89.4 cm³/mol. The number of nitrogens with zero attached hydrogens (tertiary/aromatic N) is 3. The molecule has 2 heterocycles. The van der Waals surface area contributed by atoms with E-state index in [0.29, 0.717) is 11.1 Å². The number of thioether (sulfide) groups is 1. The summed E-state index contributed by atoms with van der Waals surface area (Å²) in [5.74, 6) is 2.33. The first-order valence-electron chi connectivity index (χ1n) is 7.30. The average Bonchev–Trinajstić information content (AvgIpc) is 3.24.